The third-order valence-electron chi connectivity index (χ3n) is 2.52. The number of sulfonamides is 1. The molecule has 102 valence electrons. The number of alkyl halides is 1. The highest BCUT2D eigenvalue weighted by molar-refractivity contribution is 7.89. The van der Waals surface area contributed by atoms with Crippen molar-refractivity contribution in [3.05, 3.63) is 29.8 Å². The summed E-state index contributed by atoms with van der Waals surface area (Å²) in [6.45, 7) is 1.74. The number of hydrogen-bond acceptors (Lipinski definition) is 3. The molecule has 0 aliphatic heterocycles. The fourth-order valence-corrected chi connectivity index (χ4v) is 3.14. The summed E-state index contributed by atoms with van der Waals surface area (Å²) in [6, 6.07) is 6.18. The molecular weight excluding hydrogens is 274 g/mol. The summed E-state index contributed by atoms with van der Waals surface area (Å²) in [5.41, 5.74) is 0.732. The number of rotatable bonds is 7. The highest BCUT2D eigenvalue weighted by Gasteiger charge is 2.15. The Morgan fingerprint density at radius 1 is 1.39 bits per heavy atom. The summed E-state index contributed by atoms with van der Waals surface area (Å²) in [6.07, 6.45) is 1.23. The maximum Gasteiger partial charge on any atom is 0.212 e. The SMILES string of the molecule is CC(NS(=O)(=O)CCCCCl)c1cccc(O)c1. The summed E-state index contributed by atoms with van der Waals surface area (Å²) in [5.74, 6) is 0.668. The lowest BCUT2D eigenvalue weighted by molar-refractivity contribution is 0.473. The first kappa shape index (κ1) is 15.3. The van der Waals surface area contributed by atoms with Gasteiger partial charge in [-0.05, 0) is 37.5 Å². The molecule has 6 heteroatoms. The van der Waals surface area contributed by atoms with Gasteiger partial charge in [0.1, 0.15) is 5.75 Å². The van der Waals surface area contributed by atoms with Gasteiger partial charge in [-0.15, -0.1) is 11.6 Å². The summed E-state index contributed by atoms with van der Waals surface area (Å²) < 4.78 is 26.1. The molecule has 1 aromatic carbocycles. The zero-order valence-electron chi connectivity index (χ0n) is 10.3. The average molecular weight is 292 g/mol. The van der Waals surface area contributed by atoms with Crippen molar-refractivity contribution in [1.82, 2.24) is 4.72 Å². The first-order valence-electron chi connectivity index (χ1n) is 5.79. The van der Waals surface area contributed by atoms with Gasteiger partial charge in [-0.3, -0.25) is 0 Å². The molecule has 18 heavy (non-hydrogen) atoms. The molecule has 0 radical (unpaired) electrons. The predicted molar refractivity (Wildman–Crippen MR) is 73.4 cm³/mol. The molecule has 1 rings (SSSR count). The number of phenols is 1. The van der Waals surface area contributed by atoms with Gasteiger partial charge >= 0.3 is 0 Å². The number of phenolic OH excluding ortho intramolecular Hbond substituents is 1. The minimum atomic E-state index is -3.30. The van der Waals surface area contributed by atoms with E-state index in [4.69, 9.17) is 11.6 Å². The first-order chi connectivity index (χ1) is 8.44. The normalized spacial score (nSPS) is 13.4. The number of aromatic hydroxyl groups is 1. The maximum absolute atomic E-state index is 11.8. The minimum Gasteiger partial charge on any atom is -0.508 e. The summed E-state index contributed by atoms with van der Waals surface area (Å²) in [5, 5.41) is 9.34. The second-order valence-electron chi connectivity index (χ2n) is 4.15. The lowest BCUT2D eigenvalue weighted by Gasteiger charge is -2.14. The number of halogens is 1. The van der Waals surface area contributed by atoms with Gasteiger partial charge in [-0.1, -0.05) is 12.1 Å². The molecule has 4 nitrogen and oxygen atoms in total. The van der Waals surface area contributed by atoms with Crippen molar-refractivity contribution >= 4 is 21.6 Å². The molecule has 0 saturated carbocycles. The number of nitrogens with one attached hydrogen (secondary N) is 1. The van der Waals surface area contributed by atoms with Crippen LogP contribution in [0.2, 0.25) is 0 Å². The van der Waals surface area contributed by atoms with E-state index in [2.05, 4.69) is 4.72 Å². The molecule has 0 amide bonds. The van der Waals surface area contributed by atoms with E-state index >= 15 is 0 Å². The van der Waals surface area contributed by atoms with Crippen LogP contribution in [-0.4, -0.2) is 25.2 Å². The van der Waals surface area contributed by atoms with Crippen molar-refractivity contribution in [3.8, 4) is 5.75 Å². The lowest BCUT2D eigenvalue weighted by Crippen LogP contribution is -2.29. The van der Waals surface area contributed by atoms with Crippen molar-refractivity contribution < 1.29 is 13.5 Å². The Morgan fingerprint density at radius 3 is 2.72 bits per heavy atom. The highest BCUT2D eigenvalue weighted by Crippen LogP contribution is 2.18. The first-order valence-corrected chi connectivity index (χ1v) is 7.98. The van der Waals surface area contributed by atoms with Gasteiger partial charge in [0.25, 0.3) is 0 Å². The van der Waals surface area contributed by atoms with Crippen LogP contribution >= 0.6 is 11.6 Å². The van der Waals surface area contributed by atoms with Crippen LogP contribution in [0, 0.1) is 0 Å². The standard InChI is InChI=1S/C12H18ClNO3S/c1-10(11-5-4-6-12(15)9-11)14-18(16,17)8-3-2-7-13/h4-6,9-10,14-15H,2-3,7-8H2,1H3. The number of unbranched alkanes of at least 4 members (excludes halogenated alkanes) is 1. The quantitative estimate of drug-likeness (QED) is 0.599. The van der Waals surface area contributed by atoms with Gasteiger partial charge < -0.3 is 5.11 Å². The largest absolute Gasteiger partial charge is 0.508 e. The molecule has 1 aromatic rings. The van der Waals surface area contributed by atoms with E-state index < -0.39 is 10.0 Å². The molecule has 0 aliphatic rings. The Balaban J connectivity index is 2.61. The number of benzene rings is 1. The van der Waals surface area contributed by atoms with E-state index in [9.17, 15) is 13.5 Å². The third-order valence-corrected chi connectivity index (χ3v) is 4.33. The van der Waals surface area contributed by atoms with E-state index in [-0.39, 0.29) is 17.5 Å². The molecule has 2 N–H and O–H groups in total. The van der Waals surface area contributed by atoms with Crippen LogP contribution in [0.5, 0.6) is 5.75 Å². The van der Waals surface area contributed by atoms with Gasteiger partial charge in [0.05, 0.1) is 5.75 Å². The summed E-state index contributed by atoms with van der Waals surface area (Å²) in [4.78, 5) is 0. The Morgan fingerprint density at radius 2 is 2.11 bits per heavy atom. The second kappa shape index (κ2) is 6.97. The predicted octanol–water partition coefficient (Wildman–Crippen LogP) is 2.39. The van der Waals surface area contributed by atoms with E-state index in [1.807, 2.05) is 0 Å². The van der Waals surface area contributed by atoms with Gasteiger partial charge in [0.15, 0.2) is 0 Å². The van der Waals surface area contributed by atoms with Crippen molar-refractivity contribution in [2.45, 2.75) is 25.8 Å². The monoisotopic (exact) mass is 291 g/mol. The molecule has 0 spiro atoms. The Labute approximate surface area is 113 Å². The molecule has 0 fully saturated rings. The Hall–Kier alpha value is -0.780. The van der Waals surface area contributed by atoms with Gasteiger partial charge in [-0.25, -0.2) is 13.1 Å². The van der Waals surface area contributed by atoms with Gasteiger partial charge in [0, 0.05) is 11.9 Å². The summed E-state index contributed by atoms with van der Waals surface area (Å²) in [7, 11) is -3.30. The van der Waals surface area contributed by atoms with Crippen LogP contribution in [0.15, 0.2) is 24.3 Å². The second-order valence-corrected chi connectivity index (χ2v) is 6.40. The van der Waals surface area contributed by atoms with Crippen LogP contribution in [0.3, 0.4) is 0 Å². The Kier molecular flexibility index (Phi) is 5.91. The smallest absolute Gasteiger partial charge is 0.212 e. The minimum absolute atomic E-state index is 0.0723. The van der Waals surface area contributed by atoms with E-state index in [1.54, 1.807) is 31.2 Å². The molecule has 1 unspecified atom stereocenters. The Bertz CT molecular complexity index is 476. The van der Waals surface area contributed by atoms with Crippen LogP contribution in [0.4, 0.5) is 0 Å². The average Bonchev–Trinajstić information content (AvgIpc) is 2.28. The van der Waals surface area contributed by atoms with Gasteiger partial charge in [-0.2, -0.15) is 0 Å². The van der Waals surface area contributed by atoms with Crippen molar-refractivity contribution in [1.29, 1.82) is 0 Å². The van der Waals surface area contributed by atoms with Crippen LogP contribution in [-0.2, 0) is 10.0 Å². The van der Waals surface area contributed by atoms with E-state index in [0.29, 0.717) is 18.7 Å². The molecule has 1 atom stereocenters. The van der Waals surface area contributed by atoms with Crippen molar-refractivity contribution in [3.63, 3.8) is 0 Å². The molecule has 0 saturated heterocycles. The van der Waals surface area contributed by atoms with Crippen LogP contribution in [0.1, 0.15) is 31.4 Å². The van der Waals surface area contributed by atoms with Gasteiger partial charge in [0.2, 0.25) is 10.0 Å². The van der Waals surface area contributed by atoms with Crippen LogP contribution < -0.4 is 4.72 Å². The van der Waals surface area contributed by atoms with Crippen LogP contribution in [0.25, 0.3) is 0 Å². The maximum atomic E-state index is 11.8. The molecule has 0 aliphatic carbocycles. The molecular formula is C12H18ClNO3S. The zero-order valence-corrected chi connectivity index (χ0v) is 11.8. The fourth-order valence-electron chi connectivity index (χ4n) is 1.58. The summed E-state index contributed by atoms with van der Waals surface area (Å²) >= 11 is 5.51. The van der Waals surface area contributed by atoms with Crippen molar-refractivity contribution in [2.75, 3.05) is 11.6 Å². The lowest BCUT2D eigenvalue weighted by atomic mass is 10.1. The highest BCUT2D eigenvalue weighted by atomic mass is 35.5. The number of hydrogen-bond donors (Lipinski definition) is 2. The fraction of sp³-hybridized carbons (Fsp3) is 0.500. The topological polar surface area (TPSA) is 66.4 Å². The van der Waals surface area contributed by atoms with Crippen molar-refractivity contribution in [2.24, 2.45) is 0 Å². The third kappa shape index (κ3) is 5.25. The molecule has 0 heterocycles. The van der Waals surface area contributed by atoms with E-state index in [1.165, 1.54) is 0 Å². The zero-order chi connectivity index (χ0) is 13.6. The van der Waals surface area contributed by atoms with E-state index in [0.717, 1.165) is 5.56 Å². The molecule has 0 aromatic heterocycles. The molecule has 0 bridgehead atoms.